The molecule has 2 unspecified atom stereocenters. The number of carboxylic acids is 1. The molecule has 1 heterocycles. The third kappa shape index (κ3) is 3.16. The number of thiazole rings is 1. The molecule has 0 amide bonds. The summed E-state index contributed by atoms with van der Waals surface area (Å²) in [7, 11) is 0. The second kappa shape index (κ2) is 6.33. The standard InChI is InChI=1S/C15H20N2O2S/c1-4-10(2)17(9-14(18)19)11(3)15-16-12-7-5-6-8-13(12)20-15/h5-8,10-11H,4,9H2,1-3H3,(H,18,19). The zero-order valence-electron chi connectivity index (χ0n) is 12.0. The maximum Gasteiger partial charge on any atom is 0.317 e. The molecule has 0 saturated carbocycles. The van der Waals surface area contributed by atoms with Crippen LogP contribution in [0.5, 0.6) is 0 Å². The number of carboxylic acid groups (broad SMARTS) is 1. The van der Waals surface area contributed by atoms with Crippen LogP contribution in [-0.4, -0.2) is 33.5 Å². The second-order valence-corrected chi connectivity index (χ2v) is 6.08. The van der Waals surface area contributed by atoms with Crippen LogP contribution in [0, 0.1) is 0 Å². The topological polar surface area (TPSA) is 53.4 Å². The van der Waals surface area contributed by atoms with Crippen molar-refractivity contribution in [3.8, 4) is 0 Å². The lowest BCUT2D eigenvalue weighted by Gasteiger charge is -2.31. The van der Waals surface area contributed by atoms with Crippen LogP contribution in [-0.2, 0) is 4.79 Å². The summed E-state index contributed by atoms with van der Waals surface area (Å²) in [6, 6.07) is 8.24. The van der Waals surface area contributed by atoms with Gasteiger partial charge in [0, 0.05) is 6.04 Å². The van der Waals surface area contributed by atoms with Gasteiger partial charge in [-0.05, 0) is 32.4 Å². The normalized spacial score (nSPS) is 14.6. The number of rotatable bonds is 6. The molecule has 1 N–H and O–H groups in total. The Morgan fingerprint density at radius 1 is 1.40 bits per heavy atom. The first kappa shape index (κ1) is 14.9. The molecule has 2 rings (SSSR count). The van der Waals surface area contributed by atoms with Gasteiger partial charge in [-0.25, -0.2) is 4.98 Å². The predicted octanol–water partition coefficient (Wildman–Crippen LogP) is 3.54. The van der Waals surface area contributed by atoms with Crippen LogP contribution in [0.15, 0.2) is 24.3 Å². The van der Waals surface area contributed by atoms with E-state index in [9.17, 15) is 4.79 Å². The number of benzene rings is 1. The molecule has 108 valence electrons. The number of para-hydroxylation sites is 1. The average Bonchev–Trinajstić information content (AvgIpc) is 2.86. The van der Waals surface area contributed by atoms with Gasteiger partial charge in [0.15, 0.2) is 0 Å². The largest absolute Gasteiger partial charge is 0.480 e. The third-order valence-electron chi connectivity index (χ3n) is 3.64. The highest BCUT2D eigenvalue weighted by atomic mass is 32.1. The van der Waals surface area contributed by atoms with Crippen LogP contribution in [0.2, 0.25) is 0 Å². The van der Waals surface area contributed by atoms with E-state index >= 15 is 0 Å². The van der Waals surface area contributed by atoms with E-state index in [1.54, 1.807) is 11.3 Å². The van der Waals surface area contributed by atoms with E-state index in [0.717, 1.165) is 21.6 Å². The Morgan fingerprint density at radius 3 is 2.70 bits per heavy atom. The van der Waals surface area contributed by atoms with Crippen LogP contribution in [0.3, 0.4) is 0 Å². The molecule has 0 saturated heterocycles. The van der Waals surface area contributed by atoms with Gasteiger partial charge in [0.2, 0.25) is 0 Å². The fourth-order valence-electron chi connectivity index (χ4n) is 2.28. The Bertz CT molecular complexity index is 563. The number of nitrogens with zero attached hydrogens (tertiary/aromatic N) is 2. The summed E-state index contributed by atoms with van der Waals surface area (Å²) < 4.78 is 1.15. The van der Waals surface area contributed by atoms with E-state index in [1.165, 1.54) is 0 Å². The van der Waals surface area contributed by atoms with E-state index in [0.29, 0.717) is 0 Å². The lowest BCUT2D eigenvalue weighted by molar-refractivity contribution is -0.139. The van der Waals surface area contributed by atoms with Crippen LogP contribution >= 0.6 is 11.3 Å². The first-order chi connectivity index (χ1) is 9.52. The summed E-state index contributed by atoms with van der Waals surface area (Å²) in [6.07, 6.45) is 0.919. The van der Waals surface area contributed by atoms with E-state index < -0.39 is 5.97 Å². The maximum absolute atomic E-state index is 11.1. The highest BCUT2D eigenvalue weighted by Crippen LogP contribution is 2.30. The lowest BCUT2D eigenvalue weighted by atomic mass is 10.1. The van der Waals surface area contributed by atoms with Crippen molar-refractivity contribution in [1.29, 1.82) is 0 Å². The second-order valence-electron chi connectivity index (χ2n) is 5.02. The SMILES string of the molecule is CCC(C)N(CC(=O)O)C(C)c1nc2ccccc2s1. The molecule has 0 radical (unpaired) electrons. The minimum absolute atomic E-state index is 0.0125. The van der Waals surface area contributed by atoms with Gasteiger partial charge in [-0.15, -0.1) is 11.3 Å². The smallest absolute Gasteiger partial charge is 0.317 e. The van der Waals surface area contributed by atoms with Gasteiger partial charge < -0.3 is 5.11 Å². The Morgan fingerprint density at radius 2 is 2.10 bits per heavy atom. The summed E-state index contributed by atoms with van der Waals surface area (Å²) >= 11 is 1.64. The van der Waals surface area contributed by atoms with Gasteiger partial charge in [0.05, 0.1) is 22.8 Å². The molecule has 0 aliphatic rings. The molecule has 5 heteroatoms. The van der Waals surface area contributed by atoms with Gasteiger partial charge in [0.25, 0.3) is 0 Å². The van der Waals surface area contributed by atoms with Crippen LogP contribution in [0.25, 0.3) is 10.2 Å². The summed E-state index contributed by atoms with van der Waals surface area (Å²) in [5.74, 6) is -0.793. The van der Waals surface area contributed by atoms with Crippen LogP contribution in [0.4, 0.5) is 0 Å². The zero-order chi connectivity index (χ0) is 14.7. The fourth-order valence-corrected chi connectivity index (χ4v) is 3.32. The molecule has 0 fully saturated rings. The van der Waals surface area contributed by atoms with Crippen LogP contribution < -0.4 is 0 Å². The number of hydrogen-bond donors (Lipinski definition) is 1. The van der Waals surface area contributed by atoms with Crippen LogP contribution in [0.1, 0.15) is 38.2 Å². The molecule has 0 aliphatic carbocycles. The Balaban J connectivity index is 2.29. The molecule has 0 bridgehead atoms. The summed E-state index contributed by atoms with van der Waals surface area (Å²) in [5, 5.41) is 10.1. The number of carbonyl (C=O) groups is 1. The number of fused-ring (bicyclic) bond motifs is 1. The van der Waals surface area contributed by atoms with Crippen molar-refractivity contribution in [3.05, 3.63) is 29.3 Å². The molecule has 20 heavy (non-hydrogen) atoms. The van der Waals surface area contributed by atoms with E-state index in [2.05, 4.69) is 18.8 Å². The minimum Gasteiger partial charge on any atom is -0.480 e. The van der Waals surface area contributed by atoms with Gasteiger partial charge in [-0.1, -0.05) is 19.1 Å². The number of aromatic nitrogens is 1. The first-order valence-corrected chi connectivity index (χ1v) is 7.67. The van der Waals surface area contributed by atoms with Gasteiger partial charge >= 0.3 is 5.97 Å². The van der Waals surface area contributed by atoms with Crippen molar-refractivity contribution in [3.63, 3.8) is 0 Å². The van der Waals surface area contributed by atoms with E-state index in [-0.39, 0.29) is 18.6 Å². The summed E-state index contributed by atoms with van der Waals surface area (Å²) in [6.45, 7) is 6.22. The molecule has 2 atom stereocenters. The first-order valence-electron chi connectivity index (χ1n) is 6.86. The van der Waals surface area contributed by atoms with E-state index in [4.69, 9.17) is 5.11 Å². The third-order valence-corrected chi connectivity index (χ3v) is 4.85. The molecule has 4 nitrogen and oxygen atoms in total. The highest BCUT2D eigenvalue weighted by Gasteiger charge is 2.25. The van der Waals surface area contributed by atoms with Crippen molar-refractivity contribution in [2.75, 3.05) is 6.54 Å². The molecule has 2 aromatic rings. The minimum atomic E-state index is -0.793. The van der Waals surface area contributed by atoms with E-state index in [1.807, 2.05) is 36.1 Å². The monoisotopic (exact) mass is 292 g/mol. The van der Waals surface area contributed by atoms with Gasteiger partial charge in [-0.3, -0.25) is 9.69 Å². The zero-order valence-corrected chi connectivity index (χ0v) is 12.9. The molecule has 0 aliphatic heterocycles. The Labute approximate surface area is 123 Å². The maximum atomic E-state index is 11.1. The van der Waals surface area contributed by atoms with Gasteiger partial charge in [0.1, 0.15) is 5.01 Å². The van der Waals surface area contributed by atoms with Crippen molar-refractivity contribution >= 4 is 27.5 Å². The number of hydrogen-bond acceptors (Lipinski definition) is 4. The van der Waals surface area contributed by atoms with Crippen molar-refractivity contribution in [2.24, 2.45) is 0 Å². The van der Waals surface area contributed by atoms with Crippen molar-refractivity contribution in [2.45, 2.75) is 39.3 Å². The summed E-state index contributed by atoms with van der Waals surface area (Å²) in [5.41, 5.74) is 0.985. The predicted molar refractivity (Wildman–Crippen MR) is 82.1 cm³/mol. The van der Waals surface area contributed by atoms with Gasteiger partial charge in [-0.2, -0.15) is 0 Å². The molecular formula is C15H20N2O2S. The quantitative estimate of drug-likeness (QED) is 0.884. The Hall–Kier alpha value is -1.46. The molecular weight excluding hydrogens is 272 g/mol. The van der Waals surface area contributed by atoms with Crippen molar-refractivity contribution < 1.29 is 9.90 Å². The summed E-state index contributed by atoms with van der Waals surface area (Å²) in [4.78, 5) is 17.7. The van der Waals surface area contributed by atoms with Crippen molar-refractivity contribution in [1.82, 2.24) is 9.88 Å². The molecule has 1 aromatic heterocycles. The highest BCUT2D eigenvalue weighted by molar-refractivity contribution is 7.18. The lowest BCUT2D eigenvalue weighted by Crippen LogP contribution is -2.38. The average molecular weight is 292 g/mol. The molecule has 1 aromatic carbocycles. The number of aliphatic carboxylic acids is 1. The Kier molecular flexibility index (Phi) is 4.73. The fraction of sp³-hybridized carbons (Fsp3) is 0.467. The molecule has 0 spiro atoms.